The maximum atomic E-state index is 14.4. The van der Waals surface area contributed by atoms with E-state index in [-0.39, 0.29) is 29.5 Å². The predicted molar refractivity (Wildman–Crippen MR) is 169 cm³/mol. The standard InChI is InChI=1S/C33H34ClN3O5S/c1-3-35-33(39)31(21-25-13-6-4-7-14-25)36(23-26-15-10-11-20-30(26)34)32(38)24-37(27-16-12-17-28(22-27)42-2)43(40,41)29-18-8-5-9-19-29/h4-20,22,31H,3,21,23-24H2,1-2H3,(H,35,39)/t31-/m0/s1. The van der Waals surface area contributed by atoms with Gasteiger partial charge >= 0.3 is 0 Å². The first-order chi connectivity index (χ1) is 20.7. The van der Waals surface area contributed by atoms with E-state index in [1.165, 1.54) is 24.1 Å². The Bertz CT molecular complexity index is 1630. The van der Waals surface area contributed by atoms with Crippen molar-refractivity contribution in [2.75, 3.05) is 24.5 Å². The molecule has 4 rings (SSSR count). The molecule has 8 nitrogen and oxygen atoms in total. The van der Waals surface area contributed by atoms with Crippen molar-refractivity contribution in [3.63, 3.8) is 0 Å². The maximum Gasteiger partial charge on any atom is 0.264 e. The third-order valence-corrected chi connectivity index (χ3v) is 9.03. The van der Waals surface area contributed by atoms with E-state index >= 15 is 0 Å². The lowest BCUT2D eigenvalue weighted by Gasteiger charge is -2.34. The lowest BCUT2D eigenvalue weighted by atomic mass is 10.0. The quantitative estimate of drug-likeness (QED) is 0.219. The van der Waals surface area contributed by atoms with Crippen molar-refractivity contribution in [2.24, 2.45) is 0 Å². The van der Waals surface area contributed by atoms with Crippen molar-refractivity contribution in [1.29, 1.82) is 0 Å². The molecule has 0 spiro atoms. The van der Waals surface area contributed by atoms with Crippen molar-refractivity contribution in [1.82, 2.24) is 10.2 Å². The van der Waals surface area contributed by atoms with Crippen LogP contribution in [0.15, 0.2) is 114 Å². The summed E-state index contributed by atoms with van der Waals surface area (Å²) in [6.07, 6.45) is 0.216. The van der Waals surface area contributed by atoms with Crippen molar-refractivity contribution < 1.29 is 22.7 Å². The largest absolute Gasteiger partial charge is 0.497 e. The predicted octanol–water partition coefficient (Wildman–Crippen LogP) is 5.32. The SMILES string of the molecule is CCNC(=O)[C@H](Cc1ccccc1)N(Cc1ccccc1Cl)C(=O)CN(c1cccc(OC)c1)S(=O)(=O)c1ccccc1. The minimum Gasteiger partial charge on any atom is -0.497 e. The summed E-state index contributed by atoms with van der Waals surface area (Å²) < 4.78 is 34.4. The molecule has 0 aliphatic carbocycles. The van der Waals surface area contributed by atoms with Crippen LogP contribution in [0.25, 0.3) is 0 Å². The first kappa shape index (κ1) is 31.6. The van der Waals surface area contributed by atoms with Gasteiger partial charge in [0, 0.05) is 30.6 Å². The molecule has 0 saturated heterocycles. The Labute approximate surface area is 257 Å². The topological polar surface area (TPSA) is 96.0 Å². The van der Waals surface area contributed by atoms with E-state index in [4.69, 9.17) is 16.3 Å². The van der Waals surface area contributed by atoms with Crippen LogP contribution >= 0.6 is 11.6 Å². The van der Waals surface area contributed by atoms with Crippen LogP contribution in [0.2, 0.25) is 5.02 Å². The molecule has 4 aromatic carbocycles. The molecule has 1 N–H and O–H groups in total. The zero-order valence-corrected chi connectivity index (χ0v) is 25.6. The number of nitrogens with zero attached hydrogens (tertiary/aromatic N) is 2. The van der Waals surface area contributed by atoms with Crippen molar-refractivity contribution in [3.05, 3.63) is 125 Å². The van der Waals surface area contributed by atoms with E-state index in [9.17, 15) is 18.0 Å². The lowest BCUT2D eigenvalue weighted by Crippen LogP contribution is -2.53. The Morgan fingerprint density at radius 2 is 1.53 bits per heavy atom. The highest BCUT2D eigenvalue weighted by Crippen LogP contribution is 2.28. The van der Waals surface area contributed by atoms with Crippen LogP contribution in [0.1, 0.15) is 18.1 Å². The van der Waals surface area contributed by atoms with Gasteiger partial charge in [-0.1, -0.05) is 84.4 Å². The summed E-state index contributed by atoms with van der Waals surface area (Å²) in [6.45, 7) is 1.58. The molecular weight excluding hydrogens is 586 g/mol. The maximum absolute atomic E-state index is 14.4. The third-order valence-electron chi connectivity index (χ3n) is 6.87. The van der Waals surface area contributed by atoms with Crippen LogP contribution in [0.5, 0.6) is 5.75 Å². The normalized spacial score (nSPS) is 11.8. The zero-order chi connectivity index (χ0) is 30.8. The highest BCUT2D eigenvalue weighted by Gasteiger charge is 2.34. The molecule has 0 aliphatic rings. The molecule has 0 aliphatic heterocycles. The highest BCUT2D eigenvalue weighted by molar-refractivity contribution is 7.92. The summed E-state index contributed by atoms with van der Waals surface area (Å²) in [5, 5.41) is 3.27. The molecule has 0 saturated carbocycles. The molecule has 2 amide bonds. The fourth-order valence-electron chi connectivity index (χ4n) is 4.67. The van der Waals surface area contributed by atoms with Crippen LogP contribution in [-0.4, -0.2) is 51.4 Å². The van der Waals surface area contributed by atoms with Crippen molar-refractivity contribution >= 4 is 39.1 Å². The van der Waals surface area contributed by atoms with E-state index in [0.717, 1.165) is 9.87 Å². The first-order valence-corrected chi connectivity index (χ1v) is 15.6. The fraction of sp³-hybridized carbons (Fsp3) is 0.212. The average Bonchev–Trinajstić information content (AvgIpc) is 3.03. The second-order valence-electron chi connectivity index (χ2n) is 9.74. The Balaban J connectivity index is 1.81. The zero-order valence-electron chi connectivity index (χ0n) is 24.0. The molecule has 0 fully saturated rings. The number of ether oxygens (including phenoxy) is 1. The third kappa shape index (κ3) is 7.94. The Kier molecular flexibility index (Phi) is 10.8. The van der Waals surface area contributed by atoms with Gasteiger partial charge in [-0.15, -0.1) is 0 Å². The molecule has 0 heterocycles. The summed E-state index contributed by atoms with van der Waals surface area (Å²) in [7, 11) is -2.72. The van der Waals surface area contributed by atoms with E-state index in [1.54, 1.807) is 73.7 Å². The molecule has 1 atom stereocenters. The van der Waals surface area contributed by atoms with Crippen LogP contribution < -0.4 is 14.4 Å². The van der Waals surface area contributed by atoms with Gasteiger partial charge in [0.15, 0.2) is 0 Å². The van der Waals surface area contributed by atoms with Crippen LogP contribution in [0, 0.1) is 0 Å². The van der Waals surface area contributed by atoms with Gasteiger partial charge in [0.2, 0.25) is 11.8 Å². The number of hydrogen-bond acceptors (Lipinski definition) is 5. The molecule has 43 heavy (non-hydrogen) atoms. The van der Waals surface area contributed by atoms with Gasteiger partial charge in [0.05, 0.1) is 17.7 Å². The van der Waals surface area contributed by atoms with E-state index in [0.29, 0.717) is 22.9 Å². The number of likely N-dealkylation sites (N-methyl/N-ethyl adjacent to an activating group) is 1. The number of benzene rings is 4. The second kappa shape index (κ2) is 14.7. The van der Waals surface area contributed by atoms with Crippen molar-refractivity contribution in [2.45, 2.75) is 30.8 Å². The Hall–Kier alpha value is -4.34. The van der Waals surface area contributed by atoms with Crippen LogP contribution in [0.4, 0.5) is 5.69 Å². The minimum absolute atomic E-state index is 0.00945. The number of amides is 2. The number of carbonyl (C=O) groups is 2. The van der Waals surface area contributed by atoms with Gasteiger partial charge in [-0.3, -0.25) is 13.9 Å². The molecule has 0 bridgehead atoms. The molecular formula is C33H34ClN3O5S. The number of rotatable bonds is 13. The number of methoxy groups -OCH3 is 1. The molecule has 4 aromatic rings. The van der Waals surface area contributed by atoms with Gasteiger partial charge in [-0.2, -0.15) is 0 Å². The molecule has 224 valence electrons. The number of anilines is 1. The highest BCUT2D eigenvalue weighted by atomic mass is 35.5. The first-order valence-electron chi connectivity index (χ1n) is 13.8. The number of nitrogens with one attached hydrogen (secondary N) is 1. The molecule has 0 radical (unpaired) electrons. The van der Waals surface area contributed by atoms with Gasteiger partial charge in [0.25, 0.3) is 10.0 Å². The van der Waals surface area contributed by atoms with Crippen molar-refractivity contribution in [3.8, 4) is 5.75 Å². The average molecular weight is 620 g/mol. The Morgan fingerprint density at radius 3 is 2.19 bits per heavy atom. The van der Waals surface area contributed by atoms with Gasteiger partial charge in [0.1, 0.15) is 18.3 Å². The number of hydrogen-bond donors (Lipinski definition) is 1. The fourth-order valence-corrected chi connectivity index (χ4v) is 6.29. The van der Waals surface area contributed by atoms with Gasteiger partial charge in [-0.05, 0) is 48.4 Å². The van der Waals surface area contributed by atoms with E-state index in [1.807, 2.05) is 30.3 Å². The minimum atomic E-state index is -4.20. The number of carbonyl (C=O) groups excluding carboxylic acids is 2. The van der Waals surface area contributed by atoms with Crippen LogP contribution in [-0.2, 0) is 32.6 Å². The molecule has 10 heteroatoms. The van der Waals surface area contributed by atoms with E-state index in [2.05, 4.69) is 5.32 Å². The van der Waals surface area contributed by atoms with Gasteiger partial charge < -0.3 is 15.0 Å². The van der Waals surface area contributed by atoms with E-state index < -0.39 is 28.5 Å². The number of halogens is 1. The lowest BCUT2D eigenvalue weighted by molar-refractivity contribution is -0.140. The second-order valence-corrected chi connectivity index (χ2v) is 12.0. The summed E-state index contributed by atoms with van der Waals surface area (Å²) in [6, 6.07) is 29.9. The summed E-state index contributed by atoms with van der Waals surface area (Å²) in [4.78, 5) is 29.4. The summed E-state index contributed by atoms with van der Waals surface area (Å²) in [5.41, 5.74) is 1.71. The van der Waals surface area contributed by atoms with Gasteiger partial charge in [-0.25, -0.2) is 8.42 Å². The monoisotopic (exact) mass is 619 g/mol. The summed E-state index contributed by atoms with van der Waals surface area (Å²) in [5.74, 6) is -0.504. The van der Waals surface area contributed by atoms with Crippen LogP contribution in [0.3, 0.4) is 0 Å². The smallest absolute Gasteiger partial charge is 0.264 e. The molecule has 0 unspecified atom stereocenters. The summed E-state index contributed by atoms with van der Waals surface area (Å²) >= 11 is 6.51. The Morgan fingerprint density at radius 1 is 0.884 bits per heavy atom. The molecule has 0 aromatic heterocycles. The number of sulfonamides is 1.